The van der Waals surface area contributed by atoms with E-state index in [1.165, 1.54) is 12.1 Å². The number of alkyl halides is 6. The summed E-state index contributed by atoms with van der Waals surface area (Å²) < 4.78 is 78.8. The molecule has 2 N–H and O–H groups in total. The molecule has 0 bridgehead atoms. The summed E-state index contributed by atoms with van der Waals surface area (Å²) in [5.74, 6) is 0. The molecule has 19 heavy (non-hydrogen) atoms. The zero-order chi connectivity index (χ0) is 14.8. The molecule has 0 fully saturated rings. The first kappa shape index (κ1) is 16.7. The van der Waals surface area contributed by atoms with Crippen LogP contribution in [-0.2, 0) is 4.74 Å². The van der Waals surface area contributed by atoms with Gasteiger partial charge in [0.1, 0.15) is 6.10 Å². The molecule has 1 heterocycles. The van der Waals surface area contributed by atoms with Crippen molar-refractivity contribution in [3.05, 3.63) is 20.8 Å². The number of ether oxygens (including phenoxy) is 1. The number of thiophene rings is 1. The minimum absolute atomic E-state index is 0.188. The summed E-state index contributed by atoms with van der Waals surface area (Å²) in [6.07, 6.45) is -16.4. The van der Waals surface area contributed by atoms with E-state index in [2.05, 4.69) is 20.7 Å². The smallest absolute Gasteiger partial charge is 0.351 e. The Bertz CT molecular complexity index is 404. The third kappa shape index (κ3) is 4.62. The van der Waals surface area contributed by atoms with Crippen LogP contribution in [-0.4, -0.2) is 25.0 Å². The topological polar surface area (TPSA) is 35.2 Å². The molecular formula is C9H8BrF6NOS. The van der Waals surface area contributed by atoms with Crippen molar-refractivity contribution in [1.29, 1.82) is 0 Å². The number of rotatable bonds is 4. The largest absolute Gasteiger partial charge is 0.423 e. The van der Waals surface area contributed by atoms with E-state index in [0.29, 0.717) is 3.79 Å². The number of halogens is 7. The first-order chi connectivity index (χ1) is 8.55. The minimum Gasteiger partial charge on any atom is -0.351 e. The number of nitrogens with two attached hydrogens (primary N) is 1. The lowest BCUT2D eigenvalue weighted by atomic mass is 10.2. The Balaban J connectivity index is 2.94. The summed E-state index contributed by atoms with van der Waals surface area (Å²) in [5, 5.41) is 0. The second-order valence-corrected chi connectivity index (χ2v) is 5.96. The highest BCUT2D eigenvalue weighted by Gasteiger charge is 2.58. The van der Waals surface area contributed by atoms with Crippen LogP contribution < -0.4 is 5.73 Å². The Hall–Kier alpha value is -0.320. The van der Waals surface area contributed by atoms with Crippen LogP contribution in [0.25, 0.3) is 0 Å². The van der Waals surface area contributed by atoms with E-state index in [4.69, 9.17) is 5.73 Å². The Labute approximate surface area is 116 Å². The third-order valence-electron chi connectivity index (χ3n) is 2.02. The SMILES string of the molecule is NCC(OC(C(F)(F)F)C(F)(F)F)c1ccc(Br)s1. The highest BCUT2D eigenvalue weighted by molar-refractivity contribution is 9.11. The number of hydrogen-bond donors (Lipinski definition) is 1. The Morgan fingerprint density at radius 2 is 1.68 bits per heavy atom. The van der Waals surface area contributed by atoms with Crippen molar-refractivity contribution in [1.82, 2.24) is 0 Å². The van der Waals surface area contributed by atoms with Gasteiger partial charge in [-0.3, -0.25) is 0 Å². The van der Waals surface area contributed by atoms with Gasteiger partial charge in [-0.2, -0.15) is 26.3 Å². The predicted molar refractivity (Wildman–Crippen MR) is 60.8 cm³/mol. The second-order valence-electron chi connectivity index (χ2n) is 3.47. The van der Waals surface area contributed by atoms with E-state index in [1.807, 2.05) is 0 Å². The molecule has 0 amide bonds. The molecule has 0 spiro atoms. The summed E-state index contributed by atoms with van der Waals surface area (Å²) >= 11 is 4.01. The van der Waals surface area contributed by atoms with Gasteiger partial charge in [0.05, 0.1) is 3.79 Å². The third-order valence-corrected chi connectivity index (χ3v) is 3.74. The fourth-order valence-corrected chi connectivity index (χ4v) is 2.72. The zero-order valence-corrected chi connectivity index (χ0v) is 11.5. The van der Waals surface area contributed by atoms with Gasteiger partial charge in [0, 0.05) is 11.4 Å². The van der Waals surface area contributed by atoms with E-state index < -0.39 is 31.1 Å². The van der Waals surface area contributed by atoms with E-state index in [1.54, 1.807) is 0 Å². The quantitative estimate of drug-likeness (QED) is 0.811. The predicted octanol–water partition coefficient (Wildman–Crippen LogP) is 4.02. The standard InChI is InChI=1S/C9H8BrF6NOS/c10-6-2-1-5(19-6)4(3-17)18-7(8(11,12)13)9(14,15)16/h1-2,4,7H,3,17H2. The molecule has 0 saturated carbocycles. The molecule has 0 aliphatic carbocycles. The van der Waals surface area contributed by atoms with E-state index >= 15 is 0 Å². The van der Waals surface area contributed by atoms with Crippen LogP contribution in [0.2, 0.25) is 0 Å². The van der Waals surface area contributed by atoms with Crippen molar-refractivity contribution in [3.63, 3.8) is 0 Å². The molecule has 0 saturated heterocycles. The molecule has 10 heteroatoms. The molecule has 1 aromatic heterocycles. The summed E-state index contributed by atoms with van der Waals surface area (Å²) in [7, 11) is 0. The maximum absolute atomic E-state index is 12.3. The molecule has 2 nitrogen and oxygen atoms in total. The molecule has 0 aliphatic rings. The Kier molecular flexibility index (Phi) is 5.27. The molecule has 1 rings (SSSR count). The number of hydrogen-bond acceptors (Lipinski definition) is 3. The Morgan fingerprint density at radius 1 is 1.16 bits per heavy atom. The molecule has 1 aromatic rings. The van der Waals surface area contributed by atoms with Crippen molar-refractivity contribution in [2.24, 2.45) is 5.73 Å². The summed E-state index contributed by atoms with van der Waals surface area (Å²) in [5.41, 5.74) is 5.18. The van der Waals surface area contributed by atoms with Crippen LogP contribution in [0, 0.1) is 0 Å². The van der Waals surface area contributed by atoms with Crippen LogP contribution >= 0.6 is 27.3 Å². The molecule has 1 unspecified atom stereocenters. The maximum atomic E-state index is 12.3. The van der Waals surface area contributed by atoms with Gasteiger partial charge in [-0.05, 0) is 28.1 Å². The van der Waals surface area contributed by atoms with E-state index in [-0.39, 0.29) is 4.88 Å². The van der Waals surface area contributed by atoms with Gasteiger partial charge in [0.15, 0.2) is 0 Å². The van der Waals surface area contributed by atoms with Crippen molar-refractivity contribution < 1.29 is 31.1 Å². The van der Waals surface area contributed by atoms with Crippen LogP contribution in [0.5, 0.6) is 0 Å². The lowest BCUT2D eigenvalue weighted by Gasteiger charge is -2.27. The van der Waals surface area contributed by atoms with Gasteiger partial charge < -0.3 is 10.5 Å². The van der Waals surface area contributed by atoms with Crippen LogP contribution in [0.3, 0.4) is 0 Å². The lowest BCUT2D eigenvalue weighted by molar-refractivity contribution is -0.331. The van der Waals surface area contributed by atoms with Gasteiger partial charge in [0.25, 0.3) is 0 Å². The molecule has 0 aliphatic heterocycles. The first-order valence-electron chi connectivity index (χ1n) is 4.80. The van der Waals surface area contributed by atoms with Crippen molar-refractivity contribution in [2.75, 3.05) is 6.54 Å². The highest BCUT2D eigenvalue weighted by Crippen LogP contribution is 2.39. The van der Waals surface area contributed by atoms with Crippen molar-refractivity contribution >= 4 is 27.3 Å². The normalized spacial score (nSPS) is 15.0. The summed E-state index contributed by atoms with van der Waals surface area (Å²) in [6, 6.07) is 2.85. The average molecular weight is 372 g/mol. The van der Waals surface area contributed by atoms with Crippen LogP contribution in [0.15, 0.2) is 15.9 Å². The lowest BCUT2D eigenvalue weighted by Crippen LogP contribution is -2.45. The first-order valence-corrected chi connectivity index (χ1v) is 6.41. The van der Waals surface area contributed by atoms with Gasteiger partial charge in [0.2, 0.25) is 6.10 Å². The summed E-state index contributed by atoms with van der Waals surface area (Å²) in [6.45, 7) is -0.490. The second kappa shape index (κ2) is 5.98. The van der Waals surface area contributed by atoms with E-state index in [9.17, 15) is 26.3 Å². The summed E-state index contributed by atoms with van der Waals surface area (Å²) in [4.78, 5) is 0.188. The zero-order valence-electron chi connectivity index (χ0n) is 9.06. The average Bonchev–Trinajstić information content (AvgIpc) is 2.62. The van der Waals surface area contributed by atoms with E-state index in [0.717, 1.165) is 11.3 Å². The van der Waals surface area contributed by atoms with Gasteiger partial charge in [-0.25, -0.2) is 0 Å². The van der Waals surface area contributed by atoms with Gasteiger partial charge in [-0.1, -0.05) is 0 Å². The molecule has 1 atom stereocenters. The molecule has 110 valence electrons. The highest BCUT2D eigenvalue weighted by atomic mass is 79.9. The minimum atomic E-state index is -5.54. The van der Waals surface area contributed by atoms with Crippen molar-refractivity contribution in [2.45, 2.75) is 24.6 Å². The fraction of sp³-hybridized carbons (Fsp3) is 0.556. The van der Waals surface area contributed by atoms with Crippen molar-refractivity contribution in [3.8, 4) is 0 Å². The maximum Gasteiger partial charge on any atom is 0.423 e. The van der Waals surface area contributed by atoms with Gasteiger partial charge >= 0.3 is 12.4 Å². The molecule has 0 aromatic carbocycles. The van der Waals surface area contributed by atoms with Gasteiger partial charge in [-0.15, -0.1) is 11.3 Å². The van der Waals surface area contributed by atoms with Crippen LogP contribution in [0.1, 0.15) is 11.0 Å². The molecular weight excluding hydrogens is 364 g/mol. The van der Waals surface area contributed by atoms with Crippen LogP contribution in [0.4, 0.5) is 26.3 Å². The Morgan fingerprint density at radius 3 is 2.00 bits per heavy atom. The molecule has 0 radical (unpaired) electrons. The fourth-order valence-electron chi connectivity index (χ4n) is 1.24. The monoisotopic (exact) mass is 371 g/mol.